The van der Waals surface area contributed by atoms with Crippen molar-refractivity contribution in [3.8, 4) is 16.2 Å². The van der Waals surface area contributed by atoms with Gasteiger partial charge in [0, 0.05) is 23.2 Å². The van der Waals surface area contributed by atoms with E-state index < -0.39 is 15.8 Å². The molecule has 0 amide bonds. The van der Waals surface area contributed by atoms with Crippen LogP contribution in [0.1, 0.15) is 21.5 Å². The van der Waals surface area contributed by atoms with Crippen LogP contribution in [0.5, 0.6) is 5.75 Å². The zero-order valence-electron chi connectivity index (χ0n) is 18.8. The van der Waals surface area contributed by atoms with Crippen molar-refractivity contribution in [2.45, 2.75) is 23.4 Å². The molecule has 2 aromatic heterocycles. The molecular weight excluding hydrogens is 508 g/mol. The van der Waals surface area contributed by atoms with Gasteiger partial charge in [0.25, 0.3) is 0 Å². The van der Waals surface area contributed by atoms with Gasteiger partial charge in [0.2, 0.25) is 9.84 Å². The summed E-state index contributed by atoms with van der Waals surface area (Å²) >= 11 is 7.40. The number of hydrogen-bond donors (Lipinski definition) is 2. The van der Waals surface area contributed by atoms with Crippen LogP contribution < -0.4 is 10.1 Å². The Hall–Kier alpha value is -3.40. The topological polar surface area (TPSA) is 106 Å². The Morgan fingerprint density at radius 2 is 1.89 bits per heavy atom. The second kappa shape index (κ2) is 10.1. The third-order valence-electron chi connectivity index (χ3n) is 5.35. The molecule has 2 aromatic carbocycles. The van der Waals surface area contributed by atoms with Crippen LogP contribution in [-0.4, -0.2) is 31.6 Å². The van der Waals surface area contributed by atoms with E-state index in [4.69, 9.17) is 16.3 Å². The number of hydrogen-bond acceptors (Lipinski definition) is 7. The van der Waals surface area contributed by atoms with Gasteiger partial charge in [-0.25, -0.2) is 18.2 Å². The van der Waals surface area contributed by atoms with E-state index in [0.717, 1.165) is 10.4 Å². The van der Waals surface area contributed by atoms with Gasteiger partial charge in [-0.1, -0.05) is 17.7 Å². The molecule has 4 rings (SSSR count). The van der Waals surface area contributed by atoms with Crippen molar-refractivity contribution in [1.29, 1.82) is 0 Å². The molecule has 2 N–H and O–H groups in total. The van der Waals surface area contributed by atoms with Crippen LogP contribution in [0.3, 0.4) is 0 Å². The quantitative estimate of drug-likeness (QED) is 0.292. The van der Waals surface area contributed by atoms with Crippen molar-refractivity contribution in [2.75, 3.05) is 12.4 Å². The summed E-state index contributed by atoms with van der Waals surface area (Å²) in [5, 5.41) is 12.9. The molecule has 10 heteroatoms. The number of aryl methyl sites for hydroxylation is 1. The Morgan fingerprint density at radius 3 is 2.51 bits per heavy atom. The number of rotatable bonds is 8. The Bertz CT molecular complexity index is 1500. The Kier molecular flexibility index (Phi) is 7.11. The maximum atomic E-state index is 13.3. The first-order valence-electron chi connectivity index (χ1n) is 10.4. The SMILES string of the molecule is COc1ccc(S(=O)(=O)c2ncccc2CNc2c(C)cc(-c3ccc(Cl)s3)cc2C(=O)O)cc1. The predicted octanol–water partition coefficient (Wildman–Crippen LogP) is 5.92. The fourth-order valence-corrected chi connectivity index (χ4v) is 6.09. The number of carboxylic acids is 1. The highest BCUT2D eigenvalue weighted by Gasteiger charge is 2.23. The lowest BCUT2D eigenvalue weighted by molar-refractivity contribution is 0.0698. The van der Waals surface area contributed by atoms with Gasteiger partial charge >= 0.3 is 5.97 Å². The minimum Gasteiger partial charge on any atom is -0.497 e. The van der Waals surface area contributed by atoms with Crippen LogP contribution in [0.2, 0.25) is 4.34 Å². The Balaban J connectivity index is 1.67. The highest BCUT2D eigenvalue weighted by Crippen LogP contribution is 2.35. The molecule has 0 saturated carbocycles. The van der Waals surface area contributed by atoms with E-state index >= 15 is 0 Å². The summed E-state index contributed by atoms with van der Waals surface area (Å²) in [7, 11) is -2.41. The predicted molar refractivity (Wildman–Crippen MR) is 136 cm³/mol. The van der Waals surface area contributed by atoms with E-state index in [1.165, 1.54) is 36.8 Å². The molecule has 7 nitrogen and oxygen atoms in total. The van der Waals surface area contributed by atoms with Crippen LogP contribution in [0.4, 0.5) is 5.69 Å². The minimum atomic E-state index is -3.91. The number of benzene rings is 2. The van der Waals surface area contributed by atoms with Gasteiger partial charge in [0.1, 0.15) is 5.75 Å². The molecular formula is C25H21ClN2O5S2. The van der Waals surface area contributed by atoms with Gasteiger partial charge in [-0.15, -0.1) is 11.3 Å². The van der Waals surface area contributed by atoms with Gasteiger partial charge in [0.05, 0.1) is 27.6 Å². The normalized spacial score (nSPS) is 11.3. The van der Waals surface area contributed by atoms with Crippen LogP contribution >= 0.6 is 22.9 Å². The first-order valence-corrected chi connectivity index (χ1v) is 13.1. The van der Waals surface area contributed by atoms with E-state index in [1.54, 1.807) is 43.3 Å². The van der Waals surface area contributed by atoms with Crippen molar-refractivity contribution >= 4 is 44.4 Å². The Morgan fingerprint density at radius 1 is 1.14 bits per heavy atom. The van der Waals surface area contributed by atoms with Crippen LogP contribution in [0.15, 0.2) is 76.8 Å². The summed E-state index contributed by atoms with van der Waals surface area (Å²) in [6.45, 7) is 1.86. The molecule has 4 aromatic rings. The maximum absolute atomic E-state index is 13.3. The smallest absolute Gasteiger partial charge is 0.337 e. The van der Waals surface area contributed by atoms with Crippen LogP contribution in [0.25, 0.3) is 10.4 Å². The zero-order valence-corrected chi connectivity index (χ0v) is 21.2. The summed E-state index contributed by atoms with van der Waals surface area (Å²) in [5.74, 6) is -0.561. The Labute approximate surface area is 211 Å². The number of sulfone groups is 1. The first kappa shape index (κ1) is 24.7. The number of nitrogens with one attached hydrogen (secondary N) is 1. The summed E-state index contributed by atoms with van der Waals surface area (Å²) in [5.41, 5.74) is 2.33. The van der Waals surface area contributed by atoms with Gasteiger partial charge in [-0.3, -0.25) is 0 Å². The van der Waals surface area contributed by atoms with Crippen molar-refractivity contribution in [1.82, 2.24) is 4.98 Å². The largest absolute Gasteiger partial charge is 0.497 e. The van der Waals surface area contributed by atoms with Gasteiger partial charge < -0.3 is 15.2 Å². The molecule has 0 aliphatic rings. The fourth-order valence-electron chi connectivity index (χ4n) is 3.65. The monoisotopic (exact) mass is 528 g/mol. The number of methoxy groups -OCH3 is 1. The molecule has 2 heterocycles. The fraction of sp³-hybridized carbons (Fsp3) is 0.120. The van der Waals surface area contributed by atoms with E-state index in [-0.39, 0.29) is 22.0 Å². The van der Waals surface area contributed by atoms with Crippen molar-refractivity contribution < 1.29 is 23.1 Å². The van der Waals surface area contributed by atoms with Gasteiger partial charge in [-0.05, 0) is 72.6 Å². The third-order valence-corrected chi connectivity index (χ3v) is 8.40. The minimum absolute atomic E-state index is 0.0594. The second-order valence-corrected chi connectivity index (χ2v) is 11.2. The molecule has 0 spiro atoms. The lowest BCUT2D eigenvalue weighted by Gasteiger charge is -2.16. The van der Waals surface area contributed by atoms with Crippen LogP contribution in [-0.2, 0) is 16.4 Å². The summed E-state index contributed by atoms with van der Waals surface area (Å²) < 4.78 is 32.3. The van der Waals surface area contributed by atoms with Gasteiger partial charge in [-0.2, -0.15) is 0 Å². The van der Waals surface area contributed by atoms with Gasteiger partial charge in [0.15, 0.2) is 5.03 Å². The number of halogens is 1. The average molecular weight is 529 g/mol. The molecule has 0 unspecified atom stereocenters. The molecule has 35 heavy (non-hydrogen) atoms. The molecule has 0 radical (unpaired) electrons. The molecule has 0 atom stereocenters. The number of aromatic carboxylic acids is 1. The number of pyridine rings is 1. The highest BCUT2D eigenvalue weighted by molar-refractivity contribution is 7.91. The zero-order chi connectivity index (χ0) is 25.2. The average Bonchev–Trinajstić information content (AvgIpc) is 3.29. The summed E-state index contributed by atoms with van der Waals surface area (Å²) in [6.07, 6.45) is 1.41. The van der Waals surface area contributed by atoms with E-state index in [1.807, 2.05) is 12.1 Å². The molecule has 0 aliphatic carbocycles. The van der Waals surface area contributed by atoms with Crippen molar-refractivity contribution in [3.63, 3.8) is 0 Å². The molecule has 180 valence electrons. The van der Waals surface area contributed by atoms with Crippen molar-refractivity contribution in [2.24, 2.45) is 0 Å². The maximum Gasteiger partial charge on any atom is 0.337 e. The lowest BCUT2D eigenvalue weighted by atomic mass is 10.0. The number of anilines is 1. The van der Waals surface area contributed by atoms with Crippen molar-refractivity contribution in [3.05, 3.63) is 87.9 Å². The number of aromatic nitrogens is 1. The highest BCUT2D eigenvalue weighted by atomic mass is 35.5. The lowest BCUT2D eigenvalue weighted by Crippen LogP contribution is -2.13. The van der Waals surface area contributed by atoms with Crippen LogP contribution in [0, 0.1) is 6.92 Å². The van der Waals surface area contributed by atoms with E-state index in [9.17, 15) is 18.3 Å². The summed E-state index contributed by atoms with van der Waals surface area (Å²) in [4.78, 5) is 17.1. The summed E-state index contributed by atoms with van der Waals surface area (Å²) in [6, 6.07) is 16.4. The number of nitrogens with zero attached hydrogens (tertiary/aromatic N) is 1. The molecule has 0 aliphatic heterocycles. The third kappa shape index (κ3) is 5.17. The molecule has 0 saturated heterocycles. The standard InChI is InChI=1S/C25H21ClN2O5S2/c1-15-12-17(21-9-10-22(26)34-21)13-20(25(29)30)23(15)28-14-16-4-3-11-27-24(16)35(31,32)19-7-5-18(33-2)6-8-19/h3-13,28H,14H2,1-2H3,(H,29,30). The second-order valence-electron chi connectivity index (χ2n) is 7.62. The number of ether oxygens (including phenoxy) is 1. The number of thiophene rings is 1. The van der Waals surface area contributed by atoms with E-state index in [2.05, 4.69) is 10.3 Å². The molecule has 0 bridgehead atoms. The number of carboxylic acid groups (broad SMARTS) is 1. The number of carbonyl (C=O) groups is 1. The molecule has 0 fully saturated rings. The van der Waals surface area contributed by atoms with E-state index in [0.29, 0.717) is 26.9 Å². The first-order chi connectivity index (χ1) is 16.7.